The molecule has 0 aliphatic heterocycles. The average Bonchev–Trinajstić information content (AvgIpc) is 3.26. The van der Waals surface area contributed by atoms with Gasteiger partial charge in [0, 0.05) is 18.4 Å². The van der Waals surface area contributed by atoms with E-state index in [-0.39, 0.29) is 17.9 Å². The highest BCUT2D eigenvalue weighted by Crippen LogP contribution is 2.44. The predicted molar refractivity (Wildman–Crippen MR) is 85.9 cm³/mol. The molecule has 2 rings (SSSR count). The van der Waals surface area contributed by atoms with E-state index in [0.29, 0.717) is 18.9 Å². The van der Waals surface area contributed by atoms with Crippen LogP contribution >= 0.6 is 0 Å². The molecule has 1 amide bonds. The van der Waals surface area contributed by atoms with Crippen LogP contribution in [-0.2, 0) is 4.79 Å². The number of nitrogens with one attached hydrogen (secondary N) is 1. The second-order valence-corrected chi connectivity index (χ2v) is 6.36. The lowest BCUT2D eigenvalue weighted by atomic mass is 10.0. The number of aliphatic hydroxyl groups is 1. The second-order valence-electron chi connectivity index (χ2n) is 6.36. The van der Waals surface area contributed by atoms with Gasteiger partial charge in [-0.25, -0.2) is 0 Å². The molecule has 0 aromatic heterocycles. The Hall–Kier alpha value is -1.61. The van der Waals surface area contributed by atoms with Gasteiger partial charge in [-0.3, -0.25) is 4.79 Å². The van der Waals surface area contributed by atoms with E-state index in [4.69, 9.17) is 0 Å². The molecule has 1 fully saturated rings. The van der Waals surface area contributed by atoms with Crippen molar-refractivity contribution < 1.29 is 9.90 Å². The maximum absolute atomic E-state index is 11.7. The molecule has 3 nitrogen and oxygen atoms in total. The molecule has 1 aliphatic rings. The van der Waals surface area contributed by atoms with Gasteiger partial charge < -0.3 is 10.4 Å². The Kier molecular flexibility index (Phi) is 5.18. The Morgan fingerprint density at radius 2 is 2.00 bits per heavy atom. The van der Waals surface area contributed by atoms with Crippen LogP contribution in [-0.4, -0.2) is 24.2 Å². The fourth-order valence-electron chi connectivity index (χ4n) is 2.22. The number of carbonyl (C=O) groups is 1. The number of amides is 1. The van der Waals surface area contributed by atoms with Crippen LogP contribution in [0.3, 0.4) is 0 Å². The van der Waals surface area contributed by atoms with Gasteiger partial charge in [0.1, 0.15) is 0 Å². The van der Waals surface area contributed by atoms with Crippen LogP contribution < -0.4 is 5.32 Å². The maximum Gasteiger partial charge on any atom is 0.223 e. The van der Waals surface area contributed by atoms with E-state index >= 15 is 0 Å². The zero-order valence-corrected chi connectivity index (χ0v) is 12.9. The fraction of sp³-hybridized carbons (Fsp3) is 0.500. The van der Waals surface area contributed by atoms with E-state index < -0.39 is 0 Å². The summed E-state index contributed by atoms with van der Waals surface area (Å²) in [7, 11) is 0. The number of rotatable bonds is 7. The third-order valence-electron chi connectivity index (χ3n) is 4.17. The van der Waals surface area contributed by atoms with Gasteiger partial charge in [-0.05, 0) is 29.9 Å². The Morgan fingerprint density at radius 3 is 2.52 bits per heavy atom. The normalized spacial score (nSPS) is 16.4. The van der Waals surface area contributed by atoms with Crippen molar-refractivity contribution in [3.8, 4) is 0 Å². The summed E-state index contributed by atoms with van der Waals surface area (Å²) in [4.78, 5) is 11.7. The average molecular weight is 287 g/mol. The van der Waals surface area contributed by atoms with Crippen molar-refractivity contribution in [2.75, 3.05) is 13.2 Å². The first-order chi connectivity index (χ1) is 10.0. The smallest absolute Gasteiger partial charge is 0.223 e. The van der Waals surface area contributed by atoms with E-state index in [9.17, 15) is 9.90 Å². The summed E-state index contributed by atoms with van der Waals surface area (Å²) in [5.41, 5.74) is 2.41. The largest absolute Gasteiger partial charge is 0.396 e. The van der Waals surface area contributed by atoms with Crippen molar-refractivity contribution in [1.29, 1.82) is 0 Å². The van der Waals surface area contributed by atoms with Gasteiger partial charge in [-0.1, -0.05) is 50.3 Å². The van der Waals surface area contributed by atoms with Crippen LogP contribution in [0.4, 0.5) is 0 Å². The van der Waals surface area contributed by atoms with Crippen molar-refractivity contribution in [3.05, 3.63) is 41.5 Å². The second kappa shape index (κ2) is 6.90. The molecule has 0 spiro atoms. The molecule has 0 saturated heterocycles. The molecule has 114 valence electrons. The lowest BCUT2D eigenvalue weighted by Crippen LogP contribution is -2.31. The SMILES string of the molecule is CC(C)c1ccc(/C=C/CC(=O)NCC2(CO)CC2)cc1. The van der Waals surface area contributed by atoms with Gasteiger partial charge in [-0.15, -0.1) is 0 Å². The monoisotopic (exact) mass is 287 g/mol. The summed E-state index contributed by atoms with van der Waals surface area (Å²) >= 11 is 0. The Bertz CT molecular complexity index is 498. The van der Waals surface area contributed by atoms with Gasteiger partial charge in [0.05, 0.1) is 6.61 Å². The van der Waals surface area contributed by atoms with Crippen LogP contribution in [0, 0.1) is 5.41 Å². The molecule has 0 bridgehead atoms. The number of hydrogen-bond donors (Lipinski definition) is 2. The van der Waals surface area contributed by atoms with Crippen LogP contribution in [0.1, 0.15) is 50.2 Å². The molecule has 1 aromatic rings. The first-order valence-electron chi connectivity index (χ1n) is 7.69. The highest BCUT2D eigenvalue weighted by molar-refractivity contribution is 5.78. The Balaban J connectivity index is 1.75. The first kappa shape index (κ1) is 15.8. The topological polar surface area (TPSA) is 49.3 Å². The summed E-state index contributed by atoms with van der Waals surface area (Å²) in [5.74, 6) is 0.555. The standard InChI is InChI=1S/C18H25NO2/c1-14(2)16-8-6-15(7-9-16)4-3-5-17(21)19-12-18(13-20)10-11-18/h3-4,6-9,14,20H,5,10-13H2,1-2H3,(H,19,21)/b4-3+. The molecule has 0 unspecified atom stereocenters. The zero-order chi connectivity index (χ0) is 15.3. The maximum atomic E-state index is 11.7. The minimum absolute atomic E-state index is 0.0183. The van der Waals surface area contributed by atoms with Crippen molar-refractivity contribution in [1.82, 2.24) is 5.32 Å². The molecule has 1 aliphatic carbocycles. The van der Waals surface area contributed by atoms with Crippen LogP contribution in [0.5, 0.6) is 0 Å². The molecule has 2 N–H and O–H groups in total. The van der Waals surface area contributed by atoms with E-state index in [2.05, 4.69) is 43.4 Å². The van der Waals surface area contributed by atoms with Crippen molar-refractivity contribution in [3.63, 3.8) is 0 Å². The van der Waals surface area contributed by atoms with Gasteiger partial charge in [0.25, 0.3) is 0 Å². The lowest BCUT2D eigenvalue weighted by molar-refractivity contribution is -0.120. The molecule has 1 aromatic carbocycles. The third-order valence-corrected chi connectivity index (χ3v) is 4.17. The van der Waals surface area contributed by atoms with Crippen molar-refractivity contribution in [2.24, 2.45) is 5.41 Å². The van der Waals surface area contributed by atoms with Gasteiger partial charge in [0.15, 0.2) is 0 Å². The number of aliphatic hydroxyl groups excluding tert-OH is 1. The molecule has 1 saturated carbocycles. The quantitative estimate of drug-likeness (QED) is 0.809. The zero-order valence-electron chi connectivity index (χ0n) is 12.9. The molecule has 0 atom stereocenters. The minimum Gasteiger partial charge on any atom is -0.396 e. The predicted octanol–water partition coefficient (Wildman–Crippen LogP) is 3.10. The summed E-state index contributed by atoms with van der Waals surface area (Å²) in [6.07, 6.45) is 6.28. The molecule has 3 heteroatoms. The highest BCUT2D eigenvalue weighted by atomic mass is 16.3. The van der Waals surface area contributed by atoms with Crippen LogP contribution in [0.15, 0.2) is 30.3 Å². The number of benzene rings is 1. The molecular weight excluding hydrogens is 262 g/mol. The molecular formula is C18H25NO2. The minimum atomic E-state index is -0.0218. The number of hydrogen-bond acceptors (Lipinski definition) is 2. The van der Waals surface area contributed by atoms with Gasteiger partial charge >= 0.3 is 0 Å². The van der Waals surface area contributed by atoms with Gasteiger partial charge in [-0.2, -0.15) is 0 Å². The molecule has 0 heterocycles. The van der Waals surface area contributed by atoms with Crippen molar-refractivity contribution in [2.45, 2.75) is 39.0 Å². The summed E-state index contributed by atoms with van der Waals surface area (Å²) in [6.45, 7) is 5.12. The van der Waals surface area contributed by atoms with Gasteiger partial charge in [0.2, 0.25) is 5.91 Å². The lowest BCUT2D eigenvalue weighted by Gasteiger charge is -2.11. The highest BCUT2D eigenvalue weighted by Gasteiger charge is 2.41. The fourth-order valence-corrected chi connectivity index (χ4v) is 2.22. The van der Waals surface area contributed by atoms with Crippen molar-refractivity contribution >= 4 is 12.0 Å². The summed E-state index contributed by atoms with van der Waals surface area (Å²) < 4.78 is 0. The first-order valence-corrected chi connectivity index (χ1v) is 7.69. The van der Waals surface area contributed by atoms with E-state index in [1.165, 1.54) is 5.56 Å². The third kappa shape index (κ3) is 4.71. The van der Waals surface area contributed by atoms with E-state index in [1.54, 1.807) is 0 Å². The van der Waals surface area contributed by atoms with E-state index in [1.807, 2.05) is 12.2 Å². The van der Waals surface area contributed by atoms with Crippen LogP contribution in [0.2, 0.25) is 0 Å². The summed E-state index contributed by atoms with van der Waals surface area (Å²) in [5, 5.41) is 12.1. The molecule has 0 radical (unpaired) electrons. The van der Waals surface area contributed by atoms with Crippen LogP contribution in [0.25, 0.3) is 6.08 Å². The number of carbonyl (C=O) groups excluding carboxylic acids is 1. The Labute approximate surface area is 127 Å². The summed E-state index contributed by atoms with van der Waals surface area (Å²) in [6, 6.07) is 8.41. The van der Waals surface area contributed by atoms with E-state index in [0.717, 1.165) is 18.4 Å². The Morgan fingerprint density at radius 1 is 1.33 bits per heavy atom. The molecule has 21 heavy (non-hydrogen) atoms.